The molecule has 1 fully saturated rings. The zero-order chi connectivity index (χ0) is 20.1. The third kappa shape index (κ3) is 4.09. The zero-order valence-corrected chi connectivity index (χ0v) is 16.1. The lowest BCUT2D eigenvalue weighted by molar-refractivity contribution is -0.940. The summed E-state index contributed by atoms with van der Waals surface area (Å²) in [6.45, 7) is 0.788. The van der Waals surface area contributed by atoms with Crippen LogP contribution in [-0.4, -0.2) is 32.7 Å². The molecule has 3 amide bonds. The van der Waals surface area contributed by atoms with Crippen LogP contribution in [0.5, 0.6) is 11.5 Å². The maximum Gasteiger partial charge on any atom is 0.319 e. The van der Waals surface area contributed by atoms with E-state index in [4.69, 9.17) is 15.2 Å². The van der Waals surface area contributed by atoms with Crippen molar-refractivity contribution in [3.05, 3.63) is 59.7 Å². The van der Waals surface area contributed by atoms with Gasteiger partial charge in [0.25, 0.3) is 5.91 Å². The van der Waals surface area contributed by atoms with Gasteiger partial charge in [0.1, 0.15) is 17.5 Å². The highest BCUT2D eigenvalue weighted by Crippen LogP contribution is 2.33. The van der Waals surface area contributed by atoms with Crippen LogP contribution in [0.25, 0.3) is 0 Å². The van der Waals surface area contributed by atoms with Crippen LogP contribution in [-0.2, 0) is 4.79 Å². The molecule has 7 nitrogen and oxygen atoms in total. The van der Waals surface area contributed by atoms with Crippen molar-refractivity contribution in [1.29, 1.82) is 0 Å². The van der Waals surface area contributed by atoms with E-state index in [1.807, 2.05) is 48.5 Å². The first-order valence-electron chi connectivity index (χ1n) is 9.28. The van der Waals surface area contributed by atoms with Crippen molar-refractivity contribution in [2.45, 2.75) is 24.9 Å². The minimum Gasteiger partial charge on any atom is -0.497 e. The molecule has 0 aromatic heterocycles. The first kappa shape index (κ1) is 19.7. The molecular formula is C21H26N3O4+. The molecule has 0 radical (unpaired) electrons. The quantitative estimate of drug-likeness (QED) is 0.701. The van der Waals surface area contributed by atoms with Gasteiger partial charge in [-0.3, -0.25) is 10.1 Å². The van der Waals surface area contributed by atoms with Crippen LogP contribution in [0.4, 0.5) is 4.79 Å². The molecule has 148 valence electrons. The minimum absolute atomic E-state index is 0.0221. The van der Waals surface area contributed by atoms with E-state index in [1.54, 1.807) is 14.2 Å². The maximum atomic E-state index is 12.9. The lowest BCUT2D eigenvalue weighted by atomic mass is 9.98. The number of ether oxygens (including phenoxy) is 2. The fraction of sp³-hybridized carbons (Fsp3) is 0.333. The Morgan fingerprint density at radius 3 is 2.54 bits per heavy atom. The molecule has 1 saturated heterocycles. The molecule has 3 atom stereocenters. The average Bonchev–Trinajstić information content (AvgIpc) is 3.17. The van der Waals surface area contributed by atoms with Gasteiger partial charge in [-0.2, -0.15) is 0 Å². The van der Waals surface area contributed by atoms with E-state index >= 15 is 0 Å². The van der Waals surface area contributed by atoms with Gasteiger partial charge in [0.2, 0.25) is 0 Å². The van der Waals surface area contributed by atoms with Gasteiger partial charge >= 0.3 is 6.03 Å². The van der Waals surface area contributed by atoms with Crippen molar-refractivity contribution < 1.29 is 24.0 Å². The maximum absolute atomic E-state index is 12.9. The van der Waals surface area contributed by atoms with Crippen molar-refractivity contribution in [3.63, 3.8) is 0 Å². The van der Waals surface area contributed by atoms with E-state index in [9.17, 15) is 9.59 Å². The number of amides is 3. The second kappa shape index (κ2) is 8.75. The van der Waals surface area contributed by atoms with Crippen molar-refractivity contribution >= 4 is 11.9 Å². The number of carbonyl (C=O) groups excluding carboxylic acids is 2. The van der Waals surface area contributed by atoms with Crippen LogP contribution in [0.3, 0.4) is 0 Å². The topological polar surface area (TPSA) is 95.1 Å². The Balaban J connectivity index is 2.02. The van der Waals surface area contributed by atoms with Gasteiger partial charge < -0.3 is 20.1 Å². The number of primary amides is 1. The third-order valence-corrected chi connectivity index (χ3v) is 5.23. The van der Waals surface area contributed by atoms with Gasteiger partial charge in [-0.1, -0.05) is 30.3 Å². The summed E-state index contributed by atoms with van der Waals surface area (Å²) in [5, 5.41) is 2.26. The van der Waals surface area contributed by atoms with Crippen molar-refractivity contribution in [3.8, 4) is 11.5 Å². The largest absolute Gasteiger partial charge is 0.497 e. The summed E-state index contributed by atoms with van der Waals surface area (Å²) >= 11 is 0. The number of imide groups is 1. The highest BCUT2D eigenvalue weighted by Gasteiger charge is 2.42. The summed E-state index contributed by atoms with van der Waals surface area (Å²) in [5.41, 5.74) is 7.05. The Labute approximate surface area is 164 Å². The molecule has 1 aliphatic rings. The number of urea groups is 1. The molecule has 1 unspecified atom stereocenters. The summed E-state index contributed by atoms with van der Waals surface area (Å²) in [4.78, 5) is 25.3. The standard InChI is InChI=1S/C21H25N3O4/c1-27-15-10-11-18(28-2)16(13-15)17-9-6-12-24(17)19(20(25)23-21(22)26)14-7-4-3-5-8-14/h3-5,7-8,10-11,13,17,19H,6,9,12H2,1-2H3,(H3,22,23,25,26)/p+1/t17-,19-/m0/s1. The van der Waals surface area contributed by atoms with E-state index in [0.717, 1.165) is 46.9 Å². The van der Waals surface area contributed by atoms with E-state index < -0.39 is 18.0 Å². The molecule has 28 heavy (non-hydrogen) atoms. The molecule has 0 aliphatic carbocycles. The van der Waals surface area contributed by atoms with Crippen LogP contribution < -0.4 is 25.4 Å². The molecule has 1 aliphatic heterocycles. The first-order valence-corrected chi connectivity index (χ1v) is 9.28. The molecule has 1 heterocycles. The Kier molecular flexibility index (Phi) is 6.16. The number of hydrogen-bond acceptors (Lipinski definition) is 4. The normalized spacial score (nSPS) is 19.6. The van der Waals surface area contributed by atoms with Gasteiger partial charge in [-0.25, -0.2) is 4.79 Å². The van der Waals surface area contributed by atoms with E-state index in [0.29, 0.717) is 0 Å². The number of nitrogens with one attached hydrogen (secondary N) is 2. The predicted octanol–water partition coefficient (Wildman–Crippen LogP) is 1.36. The summed E-state index contributed by atoms with van der Waals surface area (Å²) < 4.78 is 11.0. The minimum atomic E-state index is -0.847. The van der Waals surface area contributed by atoms with Crippen LogP contribution in [0.15, 0.2) is 48.5 Å². The summed E-state index contributed by atoms with van der Waals surface area (Å²) in [7, 11) is 3.26. The molecule has 2 aromatic carbocycles. The van der Waals surface area contributed by atoms with Crippen LogP contribution in [0.1, 0.15) is 36.1 Å². The second-order valence-electron chi connectivity index (χ2n) is 6.82. The smallest absolute Gasteiger partial charge is 0.319 e. The molecule has 0 saturated carbocycles. The molecule has 7 heteroatoms. The molecule has 3 rings (SSSR count). The Morgan fingerprint density at radius 2 is 1.89 bits per heavy atom. The fourth-order valence-electron chi connectivity index (χ4n) is 4.06. The van der Waals surface area contributed by atoms with Gasteiger partial charge in [-0.05, 0) is 18.2 Å². The number of benzene rings is 2. The zero-order valence-electron chi connectivity index (χ0n) is 16.1. The third-order valence-electron chi connectivity index (χ3n) is 5.23. The number of likely N-dealkylation sites (tertiary alicyclic amines) is 1. The summed E-state index contributed by atoms with van der Waals surface area (Å²) in [6, 6.07) is 13.8. The van der Waals surface area contributed by atoms with Gasteiger partial charge in [0.15, 0.2) is 6.04 Å². The highest BCUT2D eigenvalue weighted by atomic mass is 16.5. The highest BCUT2D eigenvalue weighted by molar-refractivity contribution is 5.96. The van der Waals surface area contributed by atoms with Crippen molar-refractivity contribution in [2.75, 3.05) is 20.8 Å². The van der Waals surface area contributed by atoms with E-state index in [1.165, 1.54) is 0 Å². The number of rotatable bonds is 6. The van der Waals surface area contributed by atoms with E-state index in [-0.39, 0.29) is 6.04 Å². The molecule has 0 spiro atoms. The Morgan fingerprint density at radius 1 is 1.14 bits per heavy atom. The number of methoxy groups -OCH3 is 2. The molecule has 0 bridgehead atoms. The number of carbonyl (C=O) groups is 2. The SMILES string of the molecule is COc1ccc(OC)c([C@@H]2CCC[NH+]2[C@H](C(=O)NC(N)=O)c2ccccc2)c1. The molecular weight excluding hydrogens is 358 g/mol. The first-order chi connectivity index (χ1) is 13.5. The second-order valence-corrected chi connectivity index (χ2v) is 6.82. The average molecular weight is 384 g/mol. The van der Waals surface area contributed by atoms with E-state index in [2.05, 4.69) is 5.32 Å². The number of quaternary nitrogens is 1. The van der Waals surface area contributed by atoms with Crippen LogP contribution in [0, 0.1) is 0 Å². The molecule has 4 N–H and O–H groups in total. The Bertz CT molecular complexity index is 841. The summed E-state index contributed by atoms with van der Waals surface area (Å²) in [5.74, 6) is 1.09. The molecule has 2 aromatic rings. The predicted molar refractivity (Wildman–Crippen MR) is 104 cm³/mol. The monoisotopic (exact) mass is 384 g/mol. The van der Waals surface area contributed by atoms with Crippen molar-refractivity contribution in [1.82, 2.24) is 5.32 Å². The number of hydrogen-bond donors (Lipinski definition) is 3. The van der Waals surface area contributed by atoms with Crippen LogP contribution in [0.2, 0.25) is 0 Å². The van der Waals surface area contributed by atoms with Crippen LogP contribution >= 0.6 is 0 Å². The number of nitrogens with two attached hydrogens (primary N) is 1. The van der Waals surface area contributed by atoms with Gasteiger partial charge in [-0.15, -0.1) is 0 Å². The van der Waals surface area contributed by atoms with Gasteiger partial charge in [0, 0.05) is 18.4 Å². The lowest BCUT2D eigenvalue weighted by Gasteiger charge is -2.30. The lowest BCUT2D eigenvalue weighted by Crippen LogP contribution is -3.11. The fourth-order valence-corrected chi connectivity index (χ4v) is 4.06. The summed E-state index contributed by atoms with van der Waals surface area (Å²) in [6.07, 6.45) is 1.85. The van der Waals surface area contributed by atoms with Gasteiger partial charge in [0.05, 0.1) is 26.3 Å². The van der Waals surface area contributed by atoms with Crippen molar-refractivity contribution in [2.24, 2.45) is 5.73 Å². The Hall–Kier alpha value is -3.06.